The van der Waals surface area contributed by atoms with Crippen LogP contribution in [0, 0.1) is 29.1 Å². The van der Waals surface area contributed by atoms with Crippen molar-refractivity contribution in [2.45, 2.75) is 71.8 Å². The van der Waals surface area contributed by atoms with Gasteiger partial charge < -0.3 is 5.32 Å². The highest BCUT2D eigenvalue weighted by Gasteiger charge is 2.36. The molecule has 2 fully saturated rings. The molecule has 3 rings (SSSR count). The molecule has 0 aliphatic heterocycles. The Kier molecular flexibility index (Phi) is 4.26. The molecule has 0 heterocycles. The van der Waals surface area contributed by atoms with Crippen molar-refractivity contribution in [3.05, 3.63) is 12.2 Å². The fourth-order valence-electron chi connectivity index (χ4n) is 4.82. The Morgan fingerprint density at radius 1 is 1.05 bits per heavy atom. The highest BCUT2D eigenvalue weighted by Crippen LogP contribution is 2.43. The summed E-state index contributed by atoms with van der Waals surface area (Å²) in [5, 5.41) is 3.90. The summed E-state index contributed by atoms with van der Waals surface area (Å²) < 4.78 is 0. The van der Waals surface area contributed by atoms with Crippen LogP contribution in [-0.4, -0.2) is 12.6 Å². The fraction of sp³-hybridized carbons (Fsp3) is 0.895. The first-order valence-corrected chi connectivity index (χ1v) is 9.00. The van der Waals surface area contributed by atoms with Crippen LogP contribution in [0.4, 0.5) is 0 Å². The maximum atomic E-state index is 3.90. The van der Waals surface area contributed by atoms with Gasteiger partial charge in [-0.05, 0) is 74.2 Å². The summed E-state index contributed by atoms with van der Waals surface area (Å²) in [6.07, 6.45) is 14.9. The molecule has 0 aromatic carbocycles. The van der Waals surface area contributed by atoms with Crippen LogP contribution in [0.3, 0.4) is 0 Å². The van der Waals surface area contributed by atoms with Crippen LogP contribution >= 0.6 is 0 Å². The molecule has 0 radical (unpaired) electrons. The highest BCUT2D eigenvalue weighted by atomic mass is 14.9. The van der Waals surface area contributed by atoms with Crippen molar-refractivity contribution < 1.29 is 0 Å². The van der Waals surface area contributed by atoms with Gasteiger partial charge in [0.2, 0.25) is 0 Å². The molecule has 1 N–H and O–H groups in total. The van der Waals surface area contributed by atoms with Crippen LogP contribution in [0.2, 0.25) is 0 Å². The lowest BCUT2D eigenvalue weighted by Crippen LogP contribution is -2.39. The second kappa shape index (κ2) is 5.83. The molecule has 2 bridgehead atoms. The molecule has 3 unspecified atom stereocenters. The molecule has 2 saturated carbocycles. The first-order chi connectivity index (χ1) is 9.58. The summed E-state index contributed by atoms with van der Waals surface area (Å²) >= 11 is 0. The van der Waals surface area contributed by atoms with Gasteiger partial charge in [0.15, 0.2) is 0 Å². The molecule has 114 valence electrons. The fourth-order valence-corrected chi connectivity index (χ4v) is 4.82. The van der Waals surface area contributed by atoms with Crippen LogP contribution in [0.15, 0.2) is 12.2 Å². The Labute approximate surface area is 125 Å². The van der Waals surface area contributed by atoms with Crippen LogP contribution in [0.25, 0.3) is 0 Å². The molecular formula is C19H33N. The number of rotatable bonds is 5. The van der Waals surface area contributed by atoms with Crippen molar-refractivity contribution in [2.75, 3.05) is 6.54 Å². The third-order valence-corrected chi connectivity index (χ3v) is 6.83. The zero-order chi connectivity index (χ0) is 14.2. The van der Waals surface area contributed by atoms with E-state index in [1.165, 1.54) is 51.5 Å². The Morgan fingerprint density at radius 3 is 2.35 bits per heavy atom. The average Bonchev–Trinajstić information content (AvgIpc) is 3.08. The van der Waals surface area contributed by atoms with Gasteiger partial charge in [-0.1, -0.05) is 39.3 Å². The molecule has 20 heavy (non-hydrogen) atoms. The second-order valence-corrected chi connectivity index (χ2v) is 8.34. The van der Waals surface area contributed by atoms with E-state index >= 15 is 0 Å². The zero-order valence-corrected chi connectivity index (χ0v) is 13.7. The summed E-state index contributed by atoms with van der Waals surface area (Å²) in [7, 11) is 0. The molecule has 0 aromatic heterocycles. The second-order valence-electron chi connectivity index (χ2n) is 8.34. The lowest BCUT2D eigenvalue weighted by molar-refractivity contribution is 0.135. The minimum absolute atomic E-state index is 0.556. The van der Waals surface area contributed by atoms with Gasteiger partial charge in [-0.25, -0.2) is 0 Å². The minimum Gasteiger partial charge on any atom is -0.314 e. The maximum Gasteiger partial charge on any atom is 0.00673 e. The van der Waals surface area contributed by atoms with E-state index in [4.69, 9.17) is 0 Å². The van der Waals surface area contributed by atoms with Gasteiger partial charge in [-0.15, -0.1) is 0 Å². The Bertz CT molecular complexity index is 349. The van der Waals surface area contributed by atoms with Gasteiger partial charge in [-0.2, -0.15) is 0 Å². The van der Waals surface area contributed by atoms with Crippen LogP contribution in [0.5, 0.6) is 0 Å². The smallest absolute Gasteiger partial charge is 0.00673 e. The van der Waals surface area contributed by atoms with Crippen molar-refractivity contribution in [3.63, 3.8) is 0 Å². The Balaban J connectivity index is 1.40. The van der Waals surface area contributed by atoms with Crippen LogP contribution in [0.1, 0.15) is 65.7 Å². The number of nitrogens with one attached hydrogen (secondary N) is 1. The lowest BCUT2D eigenvalue weighted by atomic mass is 9.69. The Hall–Kier alpha value is -0.300. The molecule has 0 aromatic rings. The van der Waals surface area contributed by atoms with Gasteiger partial charge in [0, 0.05) is 6.04 Å². The number of hydrogen-bond acceptors (Lipinski definition) is 1. The molecular weight excluding hydrogens is 242 g/mol. The summed E-state index contributed by atoms with van der Waals surface area (Å²) in [6.45, 7) is 8.56. The molecule has 3 aliphatic rings. The molecule has 0 spiro atoms. The first kappa shape index (κ1) is 14.6. The summed E-state index contributed by atoms with van der Waals surface area (Å²) in [5.74, 6) is 3.72. The SMILES string of the molecule is CCC(C)(C)C1CCC(NCC2CC3C=CC2C3)CC1. The predicted octanol–water partition coefficient (Wildman–Crippen LogP) is 4.78. The van der Waals surface area contributed by atoms with Gasteiger partial charge in [-0.3, -0.25) is 0 Å². The normalized spacial score (nSPS) is 40.5. The van der Waals surface area contributed by atoms with Gasteiger partial charge >= 0.3 is 0 Å². The van der Waals surface area contributed by atoms with Crippen LogP contribution in [-0.2, 0) is 0 Å². The average molecular weight is 275 g/mol. The first-order valence-electron chi connectivity index (χ1n) is 9.00. The van der Waals surface area contributed by atoms with E-state index in [1.807, 2.05) is 0 Å². The van der Waals surface area contributed by atoms with Crippen molar-refractivity contribution in [1.29, 1.82) is 0 Å². The van der Waals surface area contributed by atoms with E-state index in [0.29, 0.717) is 5.41 Å². The zero-order valence-electron chi connectivity index (χ0n) is 13.7. The van der Waals surface area contributed by atoms with E-state index in [9.17, 15) is 0 Å². The largest absolute Gasteiger partial charge is 0.314 e. The summed E-state index contributed by atoms with van der Waals surface area (Å²) in [6, 6.07) is 0.807. The monoisotopic (exact) mass is 275 g/mol. The quantitative estimate of drug-likeness (QED) is 0.712. The molecule has 3 atom stereocenters. The molecule has 1 heteroatoms. The highest BCUT2D eigenvalue weighted by molar-refractivity contribution is 5.10. The van der Waals surface area contributed by atoms with Crippen molar-refractivity contribution in [3.8, 4) is 0 Å². The van der Waals surface area contributed by atoms with Crippen molar-refractivity contribution in [1.82, 2.24) is 5.32 Å². The maximum absolute atomic E-state index is 3.90. The molecule has 0 saturated heterocycles. The van der Waals surface area contributed by atoms with E-state index in [2.05, 4.69) is 38.2 Å². The van der Waals surface area contributed by atoms with Gasteiger partial charge in [0.05, 0.1) is 0 Å². The lowest BCUT2D eigenvalue weighted by Gasteiger charge is -2.39. The third-order valence-electron chi connectivity index (χ3n) is 6.83. The molecule has 3 aliphatic carbocycles. The topological polar surface area (TPSA) is 12.0 Å². The third kappa shape index (κ3) is 2.98. The number of fused-ring (bicyclic) bond motifs is 2. The predicted molar refractivity (Wildman–Crippen MR) is 86.7 cm³/mol. The molecule has 0 amide bonds. The number of hydrogen-bond donors (Lipinski definition) is 1. The number of allylic oxidation sites excluding steroid dienone is 2. The standard InChI is InChI=1S/C19H33N/c1-4-19(2,3)17-7-9-18(10-8-17)20-13-16-12-14-5-6-15(16)11-14/h5-6,14-18,20H,4,7-13H2,1-3H3. The van der Waals surface area contributed by atoms with Gasteiger partial charge in [0.25, 0.3) is 0 Å². The van der Waals surface area contributed by atoms with Gasteiger partial charge in [0.1, 0.15) is 0 Å². The van der Waals surface area contributed by atoms with E-state index in [0.717, 1.165) is 29.7 Å². The molecule has 1 nitrogen and oxygen atoms in total. The van der Waals surface area contributed by atoms with E-state index < -0.39 is 0 Å². The van der Waals surface area contributed by atoms with Crippen molar-refractivity contribution in [2.24, 2.45) is 29.1 Å². The van der Waals surface area contributed by atoms with E-state index in [1.54, 1.807) is 0 Å². The Morgan fingerprint density at radius 2 is 1.80 bits per heavy atom. The van der Waals surface area contributed by atoms with Crippen molar-refractivity contribution >= 4 is 0 Å². The minimum atomic E-state index is 0.556. The van der Waals surface area contributed by atoms with Crippen LogP contribution < -0.4 is 5.32 Å². The summed E-state index contributed by atoms with van der Waals surface area (Å²) in [4.78, 5) is 0. The van der Waals surface area contributed by atoms with E-state index in [-0.39, 0.29) is 0 Å². The summed E-state index contributed by atoms with van der Waals surface area (Å²) in [5.41, 5.74) is 0.556.